The highest BCUT2D eigenvalue weighted by Gasteiger charge is 2.04. The van der Waals surface area contributed by atoms with Gasteiger partial charge in [0, 0.05) is 31.9 Å². The smallest absolute Gasteiger partial charge is 0.331 e. The number of aryl methyl sites for hydroxylation is 1. The molecule has 0 saturated carbocycles. The van der Waals surface area contributed by atoms with E-state index in [2.05, 4.69) is 11.8 Å². The van der Waals surface area contributed by atoms with Crippen molar-refractivity contribution < 1.29 is 9.53 Å². The number of ether oxygens (including phenoxy) is 1. The summed E-state index contributed by atoms with van der Waals surface area (Å²) >= 11 is 0. The molecule has 122 valence electrons. The van der Waals surface area contributed by atoms with Gasteiger partial charge < -0.3 is 9.30 Å². The normalized spacial score (nSPS) is 10.2. The molecule has 0 spiro atoms. The van der Waals surface area contributed by atoms with Crippen LogP contribution in [-0.2, 0) is 23.6 Å². The van der Waals surface area contributed by atoms with E-state index in [1.54, 1.807) is 0 Å². The first-order chi connectivity index (χ1) is 11.5. The van der Waals surface area contributed by atoms with Crippen LogP contribution in [0.4, 0.5) is 0 Å². The van der Waals surface area contributed by atoms with Crippen molar-refractivity contribution in [3.63, 3.8) is 0 Å². The summed E-state index contributed by atoms with van der Waals surface area (Å²) in [6.45, 7) is -0.0522. The molecule has 6 heteroatoms. The van der Waals surface area contributed by atoms with Crippen molar-refractivity contribution in [1.29, 1.82) is 0 Å². The fourth-order valence-corrected chi connectivity index (χ4v) is 1.92. The molecule has 0 atom stereocenters. The van der Waals surface area contributed by atoms with E-state index in [9.17, 15) is 14.4 Å². The summed E-state index contributed by atoms with van der Waals surface area (Å²) in [4.78, 5) is 35.1. The molecule has 0 aliphatic carbocycles. The first kappa shape index (κ1) is 17.0. The number of aromatic nitrogens is 2. The third kappa shape index (κ3) is 4.34. The molecule has 1 aromatic heterocycles. The topological polar surface area (TPSA) is 70.3 Å². The van der Waals surface area contributed by atoms with Gasteiger partial charge in [-0.25, -0.2) is 9.59 Å². The molecule has 2 aromatic rings. The number of hydrogen-bond acceptors (Lipinski definition) is 4. The average molecular weight is 324 g/mol. The molecule has 0 amide bonds. The predicted octanol–water partition coefficient (Wildman–Crippen LogP) is 0.692. The zero-order valence-corrected chi connectivity index (χ0v) is 13.4. The summed E-state index contributed by atoms with van der Waals surface area (Å²) in [7, 11) is 2.90. The summed E-state index contributed by atoms with van der Waals surface area (Å²) in [6, 6.07) is 9.33. The van der Waals surface area contributed by atoms with Crippen molar-refractivity contribution in [3.8, 4) is 11.8 Å². The van der Waals surface area contributed by atoms with Crippen molar-refractivity contribution in [3.05, 3.63) is 74.6 Å². The van der Waals surface area contributed by atoms with Crippen LogP contribution in [0.3, 0.4) is 0 Å². The van der Waals surface area contributed by atoms with E-state index in [0.717, 1.165) is 16.2 Å². The van der Waals surface area contributed by atoms with Crippen LogP contribution in [0.25, 0.3) is 6.08 Å². The molecule has 0 saturated heterocycles. The van der Waals surface area contributed by atoms with Crippen LogP contribution >= 0.6 is 0 Å². The minimum absolute atomic E-state index is 0.0522. The molecule has 1 aromatic carbocycles. The summed E-state index contributed by atoms with van der Waals surface area (Å²) in [5.74, 6) is 4.97. The Bertz CT molecular complexity index is 941. The van der Waals surface area contributed by atoms with E-state index in [1.807, 2.05) is 30.3 Å². The number of carbonyl (C=O) groups is 1. The Balaban J connectivity index is 1.98. The Kier molecular flexibility index (Phi) is 5.53. The van der Waals surface area contributed by atoms with Gasteiger partial charge >= 0.3 is 11.7 Å². The third-order valence-corrected chi connectivity index (χ3v) is 3.17. The second kappa shape index (κ2) is 7.79. The number of benzene rings is 1. The first-order valence-corrected chi connectivity index (χ1v) is 7.14. The van der Waals surface area contributed by atoms with Crippen LogP contribution in [0.2, 0.25) is 0 Å². The van der Waals surface area contributed by atoms with E-state index in [1.165, 1.54) is 30.9 Å². The first-order valence-electron chi connectivity index (χ1n) is 7.14. The van der Waals surface area contributed by atoms with Crippen LogP contribution in [0.1, 0.15) is 11.1 Å². The maximum Gasteiger partial charge on any atom is 0.331 e. The Hall–Kier alpha value is -3.33. The highest BCUT2D eigenvalue weighted by molar-refractivity contribution is 5.87. The van der Waals surface area contributed by atoms with E-state index in [0.29, 0.717) is 0 Å². The lowest BCUT2D eigenvalue weighted by atomic mass is 10.2. The fourth-order valence-electron chi connectivity index (χ4n) is 1.92. The quantitative estimate of drug-likeness (QED) is 0.473. The monoisotopic (exact) mass is 324 g/mol. The number of esters is 1. The van der Waals surface area contributed by atoms with E-state index < -0.39 is 17.2 Å². The molecule has 0 aliphatic heterocycles. The summed E-state index contributed by atoms with van der Waals surface area (Å²) in [6.07, 6.45) is 3.81. The lowest BCUT2D eigenvalue weighted by Crippen LogP contribution is -2.37. The molecule has 0 radical (unpaired) electrons. The lowest BCUT2D eigenvalue weighted by molar-refractivity contribution is -0.136. The van der Waals surface area contributed by atoms with Crippen LogP contribution < -0.4 is 11.2 Å². The molecule has 0 bridgehead atoms. The SMILES string of the molecule is Cn1cc(/C=C\C(=O)OCC#Cc2ccccc2)c(=O)n(C)c1=O. The summed E-state index contributed by atoms with van der Waals surface area (Å²) in [5, 5.41) is 0. The molecule has 0 fully saturated rings. The minimum atomic E-state index is -0.617. The van der Waals surface area contributed by atoms with Gasteiger partial charge in [-0.15, -0.1) is 0 Å². The Morgan fingerprint density at radius 1 is 1.21 bits per heavy atom. The van der Waals surface area contributed by atoms with Gasteiger partial charge in [0.05, 0.1) is 5.56 Å². The molecule has 24 heavy (non-hydrogen) atoms. The molecule has 1 heterocycles. The van der Waals surface area contributed by atoms with E-state index in [4.69, 9.17) is 4.74 Å². The van der Waals surface area contributed by atoms with Gasteiger partial charge in [-0.3, -0.25) is 9.36 Å². The summed E-state index contributed by atoms with van der Waals surface area (Å²) < 4.78 is 7.16. The van der Waals surface area contributed by atoms with Crippen molar-refractivity contribution >= 4 is 12.0 Å². The molecule has 6 nitrogen and oxygen atoms in total. The Morgan fingerprint density at radius 3 is 2.62 bits per heavy atom. The minimum Gasteiger partial charge on any atom is -0.449 e. The molecular formula is C18H16N2O4. The van der Waals surface area contributed by atoms with Crippen LogP contribution in [-0.4, -0.2) is 21.7 Å². The van der Waals surface area contributed by atoms with Crippen LogP contribution in [0, 0.1) is 11.8 Å². The zero-order chi connectivity index (χ0) is 17.5. The van der Waals surface area contributed by atoms with Gasteiger partial charge in [-0.1, -0.05) is 30.0 Å². The number of hydrogen-bond donors (Lipinski definition) is 0. The van der Waals surface area contributed by atoms with Gasteiger partial charge in [0.2, 0.25) is 0 Å². The summed E-state index contributed by atoms with van der Waals surface area (Å²) in [5.41, 5.74) is 0.131. The highest BCUT2D eigenvalue weighted by atomic mass is 16.5. The Labute approximate surface area is 138 Å². The van der Waals surface area contributed by atoms with Crippen LogP contribution in [0.15, 0.2) is 52.2 Å². The third-order valence-electron chi connectivity index (χ3n) is 3.17. The van der Waals surface area contributed by atoms with Crippen molar-refractivity contribution in [1.82, 2.24) is 9.13 Å². The Morgan fingerprint density at radius 2 is 1.92 bits per heavy atom. The largest absolute Gasteiger partial charge is 0.449 e. The second-order valence-electron chi connectivity index (χ2n) is 4.95. The van der Waals surface area contributed by atoms with Gasteiger partial charge in [0.25, 0.3) is 5.56 Å². The zero-order valence-electron chi connectivity index (χ0n) is 13.4. The second-order valence-corrected chi connectivity index (χ2v) is 4.95. The van der Waals surface area contributed by atoms with E-state index >= 15 is 0 Å². The van der Waals surface area contributed by atoms with Gasteiger partial charge in [0.15, 0.2) is 6.61 Å². The number of nitrogens with zero attached hydrogens (tertiary/aromatic N) is 2. The lowest BCUT2D eigenvalue weighted by Gasteiger charge is -2.03. The number of carbonyl (C=O) groups excluding carboxylic acids is 1. The maximum atomic E-state index is 11.9. The van der Waals surface area contributed by atoms with Crippen molar-refractivity contribution in [2.24, 2.45) is 14.1 Å². The molecule has 0 aliphatic rings. The molecule has 0 unspecified atom stereocenters. The van der Waals surface area contributed by atoms with Crippen molar-refractivity contribution in [2.75, 3.05) is 6.61 Å². The van der Waals surface area contributed by atoms with Gasteiger partial charge in [0.1, 0.15) is 0 Å². The molecule has 0 N–H and O–H groups in total. The predicted molar refractivity (Wildman–Crippen MR) is 90.2 cm³/mol. The standard InChI is InChI=1S/C18H16N2O4/c1-19-13-15(17(22)20(2)18(19)23)10-11-16(21)24-12-6-9-14-7-4-3-5-8-14/h3-5,7-8,10-11,13H,12H2,1-2H3/b11-10-. The average Bonchev–Trinajstić information content (AvgIpc) is 2.59. The van der Waals surface area contributed by atoms with Gasteiger partial charge in [-0.2, -0.15) is 0 Å². The maximum absolute atomic E-state index is 11.9. The van der Waals surface area contributed by atoms with Crippen molar-refractivity contribution in [2.45, 2.75) is 0 Å². The van der Waals surface area contributed by atoms with Gasteiger partial charge in [-0.05, 0) is 18.2 Å². The van der Waals surface area contributed by atoms with E-state index in [-0.39, 0.29) is 12.2 Å². The molecular weight excluding hydrogens is 308 g/mol. The fraction of sp³-hybridized carbons (Fsp3) is 0.167. The number of rotatable bonds is 3. The highest BCUT2D eigenvalue weighted by Crippen LogP contribution is 1.95. The molecule has 2 rings (SSSR count). The van der Waals surface area contributed by atoms with Crippen LogP contribution in [0.5, 0.6) is 0 Å².